The number of aromatic hydroxyl groups is 3. The van der Waals surface area contributed by atoms with E-state index in [2.05, 4.69) is 15.5 Å². The van der Waals surface area contributed by atoms with Gasteiger partial charge in [-0.25, -0.2) is 9.59 Å². The summed E-state index contributed by atoms with van der Waals surface area (Å²) in [6.45, 7) is 0.413. The molecule has 200 valence electrons. The highest BCUT2D eigenvalue weighted by atomic mass is 16.7. The van der Waals surface area contributed by atoms with Gasteiger partial charge in [-0.05, 0) is 55.2 Å². The van der Waals surface area contributed by atoms with Crippen LogP contribution in [0.1, 0.15) is 48.0 Å². The van der Waals surface area contributed by atoms with Crippen molar-refractivity contribution in [3.63, 3.8) is 0 Å². The zero-order chi connectivity index (χ0) is 27.5. The summed E-state index contributed by atoms with van der Waals surface area (Å²) in [6.07, 6.45) is 2.27. The fourth-order valence-corrected chi connectivity index (χ4v) is 3.47. The number of nitrogens with one attached hydrogen (secondary N) is 1. The van der Waals surface area contributed by atoms with E-state index in [-0.39, 0.29) is 53.9 Å². The summed E-state index contributed by atoms with van der Waals surface area (Å²) in [5.74, 6) is -2.69. The minimum absolute atomic E-state index is 0.0103. The molecule has 0 unspecified atom stereocenters. The number of unbranched alkanes of at least 4 members (excludes halogenated alkanes) is 2. The molecule has 0 saturated carbocycles. The predicted octanol–water partition coefficient (Wildman–Crippen LogP) is 3.98. The number of carboxylic acid groups (broad SMARTS) is 1. The van der Waals surface area contributed by atoms with E-state index in [1.165, 1.54) is 36.4 Å². The van der Waals surface area contributed by atoms with Crippen molar-refractivity contribution in [2.45, 2.75) is 38.5 Å². The molecule has 12 nitrogen and oxygen atoms in total. The third-order valence-electron chi connectivity index (χ3n) is 5.46. The Hall–Kier alpha value is -4.87. The Labute approximate surface area is 217 Å². The van der Waals surface area contributed by atoms with Crippen LogP contribution in [0.25, 0.3) is 0 Å². The van der Waals surface area contributed by atoms with Crippen LogP contribution in [0.3, 0.4) is 0 Å². The Morgan fingerprint density at radius 2 is 1.61 bits per heavy atom. The molecule has 0 aliphatic carbocycles. The van der Waals surface area contributed by atoms with Crippen molar-refractivity contribution in [1.29, 1.82) is 0 Å². The molecule has 1 amide bonds. The van der Waals surface area contributed by atoms with Crippen LogP contribution in [0.2, 0.25) is 0 Å². The molecule has 0 saturated heterocycles. The number of aromatic carboxylic acids is 1. The van der Waals surface area contributed by atoms with Crippen LogP contribution in [-0.4, -0.2) is 49.5 Å². The van der Waals surface area contributed by atoms with E-state index in [1.807, 2.05) is 0 Å². The van der Waals surface area contributed by atoms with Gasteiger partial charge in [0, 0.05) is 31.5 Å². The van der Waals surface area contributed by atoms with Gasteiger partial charge >= 0.3 is 11.9 Å². The first kappa shape index (κ1) is 27.7. The number of carbonyl (C=O) groups is 3. The van der Waals surface area contributed by atoms with Gasteiger partial charge in [0.25, 0.3) is 0 Å². The van der Waals surface area contributed by atoms with Gasteiger partial charge in [0.05, 0.1) is 11.3 Å². The zero-order valence-electron chi connectivity index (χ0n) is 20.4. The van der Waals surface area contributed by atoms with Crippen molar-refractivity contribution in [3.8, 4) is 17.5 Å². The van der Waals surface area contributed by atoms with Gasteiger partial charge in [-0.15, -0.1) is 9.84 Å². The SMILES string of the molecule is O=C(CCc1cc(N=Nc2ccccc2C(=O)O)ccc1O)NCCCCCC(=O)On1c(O)ccc1O. The number of hydrogen-bond donors (Lipinski definition) is 5. The maximum atomic E-state index is 12.2. The number of nitrogens with zero attached hydrogens (tertiary/aromatic N) is 3. The van der Waals surface area contributed by atoms with Crippen molar-refractivity contribution in [2.75, 3.05) is 6.54 Å². The lowest BCUT2D eigenvalue weighted by Gasteiger charge is -2.08. The Morgan fingerprint density at radius 3 is 2.34 bits per heavy atom. The molecule has 0 aliphatic rings. The van der Waals surface area contributed by atoms with Crippen molar-refractivity contribution in [3.05, 3.63) is 65.7 Å². The summed E-state index contributed by atoms with van der Waals surface area (Å²) in [7, 11) is 0. The van der Waals surface area contributed by atoms with Crippen molar-refractivity contribution < 1.29 is 39.6 Å². The molecular formula is C26H28N4O8. The summed E-state index contributed by atoms with van der Waals surface area (Å²) < 4.78 is 0.636. The highest BCUT2D eigenvalue weighted by molar-refractivity contribution is 5.93. The number of phenols is 1. The molecule has 0 atom stereocenters. The molecule has 2 aromatic carbocycles. The Kier molecular flexibility index (Phi) is 9.80. The van der Waals surface area contributed by atoms with Crippen molar-refractivity contribution in [2.24, 2.45) is 10.2 Å². The first-order chi connectivity index (χ1) is 18.2. The smallest absolute Gasteiger partial charge is 0.337 e. The number of carboxylic acids is 1. The molecule has 5 N–H and O–H groups in total. The predicted molar refractivity (Wildman–Crippen MR) is 135 cm³/mol. The number of rotatable bonds is 13. The van der Waals surface area contributed by atoms with Crippen LogP contribution in [0.5, 0.6) is 17.5 Å². The van der Waals surface area contributed by atoms with Crippen molar-refractivity contribution >= 4 is 29.2 Å². The maximum absolute atomic E-state index is 12.2. The fraction of sp³-hybridized carbons (Fsp3) is 0.269. The highest BCUT2D eigenvalue weighted by Gasteiger charge is 2.12. The number of azo groups is 1. The topological polar surface area (TPSA) is 183 Å². The molecule has 0 aliphatic heterocycles. The first-order valence-electron chi connectivity index (χ1n) is 11.9. The van der Waals surface area contributed by atoms with Gasteiger partial charge in [0.2, 0.25) is 17.7 Å². The molecule has 1 aromatic heterocycles. The second-order valence-electron chi connectivity index (χ2n) is 8.30. The van der Waals surface area contributed by atoms with E-state index in [1.54, 1.807) is 18.2 Å². The number of phenolic OH excluding ortho intramolecular Hbond substituents is 1. The van der Waals surface area contributed by atoms with Crippen LogP contribution in [0, 0.1) is 0 Å². The Balaban J connectivity index is 1.38. The molecule has 0 spiro atoms. The summed E-state index contributed by atoms with van der Waals surface area (Å²) in [5, 5.41) is 49.1. The van der Waals surface area contributed by atoms with Crippen LogP contribution in [-0.2, 0) is 16.0 Å². The minimum atomic E-state index is -1.12. The number of benzene rings is 2. The molecule has 0 fully saturated rings. The lowest BCUT2D eigenvalue weighted by atomic mass is 10.1. The second-order valence-corrected chi connectivity index (χ2v) is 8.30. The number of aryl methyl sites for hydroxylation is 1. The molecule has 1 heterocycles. The van der Waals surface area contributed by atoms with E-state index in [4.69, 9.17) is 4.84 Å². The maximum Gasteiger partial charge on any atom is 0.337 e. The van der Waals surface area contributed by atoms with Gasteiger partial charge in [-0.2, -0.15) is 5.11 Å². The van der Waals surface area contributed by atoms with Gasteiger partial charge < -0.3 is 30.6 Å². The standard InChI is InChI=1S/C26H28N4O8/c31-21-11-10-18(28-29-20-7-4-3-6-19(20)26(36)37)16-17(21)9-12-22(32)27-15-5-1-2-8-25(35)38-30-23(33)13-14-24(30)34/h3-4,6-7,10-11,13-14,16,31,33-34H,1-2,5,8-9,12,15H2,(H,27,32)(H,36,37). The van der Waals surface area contributed by atoms with Crippen LogP contribution in [0.15, 0.2) is 64.8 Å². The van der Waals surface area contributed by atoms with E-state index in [9.17, 15) is 34.8 Å². The molecule has 12 heteroatoms. The largest absolute Gasteiger partial charge is 0.508 e. The Bertz CT molecular complexity index is 1300. The van der Waals surface area contributed by atoms with E-state index in [0.29, 0.717) is 41.8 Å². The summed E-state index contributed by atoms with van der Waals surface area (Å²) in [6, 6.07) is 13.1. The Morgan fingerprint density at radius 1 is 0.868 bits per heavy atom. The minimum Gasteiger partial charge on any atom is -0.508 e. The molecular weight excluding hydrogens is 496 g/mol. The van der Waals surface area contributed by atoms with E-state index < -0.39 is 11.9 Å². The average molecular weight is 525 g/mol. The van der Waals surface area contributed by atoms with Gasteiger partial charge in [0.1, 0.15) is 11.4 Å². The van der Waals surface area contributed by atoms with Gasteiger partial charge in [-0.1, -0.05) is 18.6 Å². The van der Waals surface area contributed by atoms with Crippen LogP contribution >= 0.6 is 0 Å². The second kappa shape index (κ2) is 13.4. The van der Waals surface area contributed by atoms with Crippen LogP contribution < -0.4 is 10.2 Å². The summed E-state index contributed by atoms with van der Waals surface area (Å²) in [5.41, 5.74) is 1.12. The summed E-state index contributed by atoms with van der Waals surface area (Å²) in [4.78, 5) is 40.1. The molecule has 3 rings (SSSR count). The third kappa shape index (κ3) is 8.08. The lowest BCUT2D eigenvalue weighted by Crippen LogP contribution is -2.24. The average Bonchev–Trinajstić information content (AvgIpc) is 3.21. The number of hydrogen-bond acceptors (Lipinski definition) is 9. The van der Waals surface area contributed by atoms with Gasteiger partial charge in [0.15, 0.2) is 0 Å². The van der Waals surface area contributed by atoms with Crippen LogP contribution in [0.4, 0.5) is 11.4 Å². The quantitative estimate of drug-likeness (QED) is 0.164. The fourth-order valence-electron chi connectivity index (χ4n) is 3.47. The number of carbonyl (C=O) groups excluding carboxylic acids is 2. The first-order valence-corrected chi connectivity index (χ1v) is 11.9. The lowest BCUT2D eigenvalue weighted by molar-refractivity contribution is -0.145. The number of amides is 1. The van der Waals surface area contributed by atoms with E-state index >= 15 is 0 Å². The molecule has 3 aromatic rings. The van der Waals surface area contributed by atoms with Crippen molar-refractivity contribution in [1.82, 2.24) is 10.0 Å². The normalized spacial score (nSPS) is 10.9. The third-order valence-corrected chi connectivity index (χ3v) is 5.46. The monoisotopic (exact) mass is 524 g/mol. The van der Waals surface area contributed by atoms with E-state index in [0.717, 1.165) is 0 Å². The summed E-state index contributed by atoms with van der Waals surface area (Å²) >= 11 is 0. The molecule has 38 heavy (non-hydrogen) atoms. The zero-order valence-corrected chi connectivity index (χ0v) is 20.4. The number of aromatic nitrogens is 1. The van der Waals surface area contributed by atoms with Gasteiger partial charge in [-0.3, -0.25) is 4.79 Å². The highest BCUT2D eigenvalue weighted by Crippen LogP contribution is 2.27. The molecule has 0 radical (unpaired) electrons. The molecule has 0 bridgehead atoms.